The lowest BCUT2D eigenvalue weighted by atomic mass is 9.84. The van der Waals surface area contributed by atoms with E-state index in [2.05, 4.69) is 10.2 Å². The number of Topliss-reactive ketones (excluding diaryl/α,β-unsaturated/α-hetero) is 1. The van der Waals surface area contributed by atoms with Crippen LogP contribution in [0.3, 0.4) is 0 Å². The van der Waals surface area contributed by atoms with E-state index in [1.807, 2.05) is 0 Å². The number of hydrogen-bond acceptors (Lipinski definition) is 5. The Labute approximate surface area is 109 Å². The van der Waals surface area contributed by atoms with Gasteiger partial charge in [0, 0.05) is 25.9 Å². The number of fused-ring (bicyclic) bond motifs is 1. The van der Waals surface area contributed by atoms with Crippen LogP contribution in [0.1, 0.15) is 29.8 Å². The first kappa shape index (κ1) is 12.0. The summed E-state index contributed by atoms with van der Waals surface area (Å²) in [7, 11) is 1.37. The number of amides is 1. The van der Waals surface area contributed by atoms with Crippen LogP contribution in [-0.2, 0) is 4.74 Å². The zero-order valence-electron chi connectivity index (χ0n) is 10.6. The van der Waals surface area contributed by atoms with Crippen molar-refractivity contribution in [1.82, 2.24) is 15.1 Å². The summed E-state index contributed by atoms with van der Waals surface area (Å²) in [6.45, 7) is 1.07. The van der Waals surface area contributed by atoms with Gasteiger partial charge in [-0.3, -0.25) is 9.89 Å². The van der Waals surface area contributed by atoms with E-state index in [1.54, 1.807) is 4.90 Å². The van der Waals surface area contributed by atoms with E-state index in [-0.39, 0.29) is 11.9 Å². The maximum absolute atomic E-state index is 12.0. The quantitative estimate of drug-likeness (QED) is 0.755. The molecule has 0 radical (unpaired) electrons. The van der Waals surface area contributed by atoms with Gasteiger partial charge in [-0.25, -0.2) is 4.79 Å². The van der Waals surface area contributed by atoms with Gasteiger partial charge in [0.1, 0.15) is 11.3 Å². The summed E-state index contributed by atoms with van der Waals surface area (Å²) < 4.78 is 10.6. The summed E-state index contributed by atoms with van der Waals surface area (Å²) in [5.41, 5.74) is -0.0561. The summed E-state index contributed by atoms with van der Waals surface area (Å²) in [6.07, 6.45) is 2.77. The molecule has 19 heavy (non-hydrogen) atoms. The minimum atomic E-state index is -0.502. The lowest BCUT2D eigenvalue weighted by Crippen LogP contribution is -2.52. The fourth-order valence-corrected chi connectivity index (χ4v) is 2.71. The minimum Gasteiger partial charge on any atom is -0.483 e. The van der Waals surface area contributed by atoms with E-state index in [0.29, 0.717) is 43.8 Å². The van der Waals surface area contributed by atoms with Crippen LogP contribution in [0.2, 0.25) is 0 Å². The Balaban J connectivity index is 1.74. The summed E-state index contributed by atoms with van der Waals surface area (Å²) in [5, 5.41) is 6.49. The van der Waals surface area contributed by atoms with Crippen LogP contribution >= 0.6 is 0 Å². The van der Waals surface area contributed by atoms with Crippen molar-refractivity contribution in [3.63, 3.8) is 0 Å². The number of ether oxygens (including phenoxy) is 2. The number of H-pyrrole nitrogens is 1. The molecule has 1 fully saturated rings. The molecular formula is C12H15N3O4. The van der Waals surface area contributed by atoms with Crippen LogP contribution in [0.5, 0.6) is 5.75 Å². The number of hydrogen-bond donors (Lipinski definition) is 1. The zero-order chi connectivity index (χ0) is 13.5. The Morgan fingerprint density at radius 1 is 1.53 bits per heavy atom. The average molecular weight is 265 g/mol. The molecular weight excluding hydrogens is 250 g/mol. The van der Waals surface area contributed by atoms with Gasteiger partial charge in [-0.15, -0.1) is 0 Å². The molecule has 0 saturated carbocycles. The normalized spacial score (nSPS) is 20.9. The number of methoxy groups -OCH3 is 1. The molecule has 2 aliphatic heterocycles. The van der Waals surface area contributed by atoms with Crippen LogP contribution in [0.25, 0.3) is 0 Å². The zero-order valence-corrected chi connectivity index (χ0v) is 10.6. The average Bonchev–Trinajstić information content (AvgIpc) is 2.87. The number of nitrogens with zero attached hydrogens (tertiary/aromatic N) is 2. The van der Waals surface area contributed by atoms with E-state index >= 15 is 0 Å². The van der Waals surface area contributed by atoms with Crippen molar-refractivity contribution in [3.8, 4) is 5.75 Å². The van der Waals surface area contributed by atoms with E-state index in [1.165, 1.54) is 13.3 Å². The van der Waals surface area contributed by atoms with Gasteiger partial charge in [-0.1, -0.05) is 0 Å². The Kier molecular flexibility index (Phi) is 2.69. The second-order valence-corrected chi connectivity index (χ2v) is 4.95. The minimum absolute atomic E-state index is 0.0188. The maximum Gasteiger partial charge on any atom is 0.409 e. The molecule has 3 heterocycles. The van der Waals surface area contributed by atoms with Crippen LogP contribution in [0.15, 0.2) is 6.20 Å². The molecule has 3 rings (SSSR count). The molecule has 102 valence electrons. The van der Waals surface area contributed by atoms with E-state index in [4.69, 9.17) is 9.47 Å². The number of carbonyl (C=O) groups is 2. The first-order valence-electron chi connectivity index (χ1n) is 6.22. The second-order valence-electron chi connectivity index (χ2n) is 4.95. The Hall–Kier alpha value is -2.05. The van der Waals surface area contributed by atoms with Crippen molar-refractivity contribution >= 4 is 11.9 Å². The predicted molar refractivity (Wildman–Crippen MR) is 64.1 cm³/mol. The van der Waals surface area contributed by atoms with Crippen LogP contribution in [0.4, 0.5) is 4.79 Å². The van der Waals surface area contributed by atoms with Gasteiger partial charge < -0.3 is 14.4 Å². The van der Waals surface area contributed by atoms with Gasteiger partial charge in [-0.05, 0) is 0 Å². The standard InChI is InChI=1S/C12H15N3O4/c1-18-11(17)15-4-2-12(3-5-15)6-8(16)10-9(19-12)7-13-14-10/h7H,2-6H2,1H3,(H,13,14). The lowest BCUT2D eigenvalue weighted by Gasteiger charge is -2.42. The third-order valence-electron chi connectivity index (χ3n) is 3.80. The summed E-state index contributed by atoms with van der Waals surface area (Å²) in [4.78, 5) is 25.1. The highest BCUT2D eigenvalue weighted by Crippen LogP contribution is 2.38. The lowest BCUT2D eigenvalue weighted by molar-refractivity contribution is -0.00717. The molecule has 1 saturated heterocycles. The number of rotatable bonds is 0. The number of aromatic amines is 1. The molecule has 1 aromatic rings. The first-order chi connectivity index (χ1) is 9.13. The smallest absolute Gasteiger partial charge is 0.409 e. The van der Waals surface area contributed by atoms with Gasteiger partial charge in [0.2, 0.25) is 0 Å². The number of nitrogens with one attached hydrogen (secondary N) is 1. The van der Waals surface area contributed by atoms with Crippen molar-refractivity contribution < 1.29 is 19.1 Å². The third kappa shape index (κ3) is 1.94. The Bertz CT molecular complexity index is 517. The topological polar surface area (TPSA) is 84.5 Å². The monoisotopic (exact) mass is 265 g/mol. The maximum atomic E-state index is 12.0. The molecule has 1 spiro atoms. The van der Waals surface area contributed by atoms with E-state index in [0.717, 1.165) is 0 Å². The van der Waals surface area contributed by atoms with Crippen LogP contribution in [0, 0.1) is 0 Å². The Morgan fingerprint density at radius 3 is 2.95 bits per heavy atom. The molecule has 7 nitrogen and oxygen atoms in total. The number of carbonyl (C=O) groups excluding carboxylic acids is 2. The molecule has 1 amide bonds. The van der Waals surface area contributed by atoms with E-state index in [9.17, 15) is 9.59 Å². The highest BCUT2D eigenvalue weighted by atomic mass is 16.5. The molecule has 0 atom stereocenters. The van der Waals surface area contributed by atoms with Gasteiger partial charge in [0.25, 0.3) is 0 Å². The van der Waals surface area contributed by atoms with Crippen molar-refractivity contribution in [2.45, 2.75) is 24.9 Å². The molecule has 2 aliphatic rings. The van der Waals surface area contributed by atoms with Crippen LogP contribution in [-0.4, -0.2) is 52.8 Å². The van der Waals surface area contributed by atoms with Crippen molar-refractivity contribution in [1.29, 1.82) is 0 Å². The summed E-state index contributed by atoms with van der Waals surface area (Å²) in [6, 6.07) is 0. The number of ketones is 1. The van der Waals surface area contributed by atoms with E-state index < -0.39 is 5.60 Å². The highest BCUT2D eigenvalue weighted by Gasteiger charge is 2.44. The van der Waals surface area contributed by atoms with Gasteiger partial charge in [0.05, 0.1) is 19.7 Å². The summed E-state index contributed by atoms with van der Waals surface area (Å²) >= 11 is 0. The number of aromatic nitrogens is 2. The molecule has 0 aliphatic carbocycles. The van der Waals surface area contributed by atoms with Gasteiger partial charge in [0.15, 0.2) is 11.5 Å². The predicted octanol–water partition coefficient (Wildman–Crippen LogP) is 0.976. The highest BCUT2D eigenvalue weighted by molar-refractivity contribution is 5.98. The fraction of sp³-hybridized carbons (Fsp3) is 0.583. The third-order valence-corrected chi connectivity index (χ3v) is 3.80. The molecule has 0 unspecified atom stereocenters. The number of likely N-dealkylation sites (tertiary alicyclic amines) is 1. The largest absolute Gasteiger partial charge is 0.483 e. The SMILES string of the molecule is COC(=O)N1CCC2(CC1)CC(=O)c1[nH]ncc1O2. The van der Waals surface area contributed by atoms with Crippen molar-refractivity contribution in [2.24, 2.45) is 0 Å². The van der Waals surface area contributed by atoms with Crippen LogP contribution < -0.4 is 4.74 Å². The molecule has 1 N–H and O–H groups in total. The van der Waals surface area contributed by atoms with Gasteiger partial charge in [-0.2, -0.15) is 5.10 Å². The second kappa shape index (κ2) is 4.25. The Morgan fingerprint density at radius 2 is 2.26 bits per heavy atom. The van der Waals surface area contributed by atoms with Crippen molar-refractivity contribution in [2.75, 3.05) is 20.2 Å². The molecule has 1 aromatic heterocycles. The molecule has 0 aromatic carbocycles. The number of piperidine rings is 1. The molecule has 7 heteroatoms. The van der Waals surface area contributed by atoms with Gasteiger partial charge >= 0.3 is 6.09 Å². The van der Waals surface area contributed by atoms with Crippen molar-refractivity contribution in [3.05, 3.63) is 11.9 Å². The molecule has 0 bridgehead atoms. The first-order valence-corrected chi connectivity index (χ1v) is 6.22. The fourth-order valence-electron chi connectivity index (χ4n) is 2.71. The summed E-state index contributed by atoms with van der Waals surface area (Å²) in [5.74, 6) is 0.535.